The van der Waals surface area contributed by atoms with E-state index in [1.54, 1.807) is 16.9 Å². The zero-order valence-corrected chi connectivity index (χ0v) is 12.0. The second kappa shape index (κ2) is 5.96. The summed E-state index contributed by atoms with van der Waals surface area (Å²) in [4.78, 5) is 12.3. The van der Waals surface area contributed by atoms with Gasteiger partial charge >= 0.3 is 0 Å². The van der Waals surface area contributed by atoms with Gasteiger partial charge in [-0.1, -0.05) is 6.07 Å². The minimum Gasteiger partial charge on any atom is -0.385 e. The van der Waals surface area contributed by atoms with Gasteiger partial charge in [0.15, 0.2) is 5.82 Å². The Morgan fingerprint density at radius 3 is 3.00 bits per heavy atom. The third kappa shape index (κ3) is 2.77. The Bertz CT molecular complexity index is 623. The van der Waals surface area contributed by atoms with Gasteiger partial charge < -0.3 is 10.6 Å². The highest BCUT2D eigenvalue weighted by atomic mass is 35.5. The van der Waals surface area contributed by atoms with Crippen molar-refractivity contribution in [2.24, 2.45) is 7.05 Å². The number of rotatable bonds is 2. The van der Waals surface area contributed by atoms with Gasteiger partial charge in [-0.3, -0.25) is 9.48 Å². The van der Waals surface area contributed by atoms with Crippen LogP contribution in [-0.4, -0.2) is 22.2 Å². The molecular weight excluding hydrogens is 276 g/mol. The quantitative estimate of drug-likeness (QED) is 0.894. The Morgan fingerprint density at radius 1 is 1.40 bits per heavy atom. The minimum absolute atomic E-state index is 0. The second-order valence-electron chi connectivity index (χ2n) is 4.69. The summed E-state index contributed by atoms with van der Waals surface area (Å²) in [7, 11) is 1.82. The van der Waals surface area contributed by atoms with Crippen LogP contribution in [0.2, 0.25) is 0 Å². The van der Waals surface area contributed by atoms with Crippen LogP contribution in [0.5, 0.6) is 0 Å². The van der Waals surface area contributed by atoms with Crippen molar-refractivity contribution < 1.29 is 4.79 Å². The van der Waals surface area contributed by atoms with E-state index in [9.17, 15) is 4.79 Å². The second-order valence-corrected chi connectivity index (χ2v) is 4.69. The Kier molecular flexibility index (Phi) is 4.29. The molecule has 2 heterocycles. The lowest BCUT2D eigenvalue weighted by molar-refractivity contribution is 0.102. The fourth-order valence-corrected chi connectivity index (χ4v) is 2.39. The topological polar surface area (TPSA) is 59.0 Å². The molecule has 2 N–H and O–H groups in total. The molecule has 1 aliphatic heterocycles. The Balaban J connectivity index is 0.00000147. The maximum atomic E-state index is 12.3. The molecule has 2 aromatic rings. The van der Waals surface area contributed by atoms with E-state index in [1.165, 1.54) is 0 Å². The summed E-state index contributed by atoms with van der Waals surface area (Å²) in [5, 5.41) is 10.3. The van der Waals surface area contributed by atoms with Crippen molar-refractivity contribution in [1.29, 1.82) is 0 Å². The number of benzene rings is 1. The van der Waals surface area contributed by atoms with Gasteiger partial charge in [-0.25, -0.2) is 0 Å². The molecule has 5 nitrogen and oxygen atoms in total. The van der Waals surface area contributed by atoms with Gasteiger partial charge in [0.1, 0.15) is 0 Å². The predicted molar refractivity (Wildman–Crippen MR) is 81.7 cm³/mol. The van der Waals surface area contributed by atoms with Crippen molar-refractivity contribution in [2.75, 3.05) is 17.2 Å². The summed E-state index contributed by atoms with van der Waals surface area (Å²) in [6.07, 6.45) is 3.80. The summed E-state index contributed by atoms with van der Waals surface area (Å²) in [6.45, 7) is 0.971. The fourth-order valence-electron chi connectivity index (χ4n) is 2.39. The Labute approximate surface area is 123 Å². The van der Waals surface area contributed by atoms with Crippen LogP contribution in [0.1, 0.15) is 22.3 Å². The van der Waals surface area contributed by atoms with E-state index in [4.69, 9.17) is 0 Å². The number of aryl methyl sites for hydroxylation is 1. The van der Waals surface area contributed by atoms with Crippen LogP contribution >= 0.6 is 12.4 Å². The van der Waals surface area contributed by atoms with Crippen molar-refractivity contribution in [2.45, 2.75) is 12.8 Å². The number of anilines is 2. The zero-order chi connectivity index (χ0) is 13.2. The van der Waals surface area contributed by atoms with E-state index >= 15 is 0 Å². The standard InChI is InChI=1S/C14H16N4O.ClH/c1-18-9-7-13(17-18)16-14(19)11-4-2-6-12-10(11)5-3-8-15-12;/h2,4,6-7,9,15H,3,5,8H2,1H3,(H,16,17,19);1H. The van der Waals surface area contributed by atoms with E-state index in [0.717, 1.165) is 36.2 Å². The molecule has 106 valence electrons. The number of carbonyl (C=O) groups is 1. The summed E-state index contributed by atoms with van der Waals surface area (Å²) >= 11 is 0. The highest BCUT2D eigenvalue weighted by molar-refractivity contribution is 6.05. The van der Waals surface area contributed by atoms with E-state index in [-0.39, 0.29) is 18.3 Å². The third-order valence-electron chi connectivity index (χ3n) is 3.29. The van der Waals surface area contributed by atoms with Crippen molar-refractivity contribution in [1.82, 2.24) is 9.78 Å². The molecular formula is C14H17ClN4O. The van der Waals surface area contributed by atoms with Crippen LogP contribution in [0.3, 0.4) is 0 Å². The number of nitrogens with zero attached hydrogens (tertiary/aromatic N) is 2. The average Bonchev–Trinajstić information content (AvgIpc) is 2.83. The molecule has 0 aliphatic carbocycles. The van der Waals surface area contributed by atoms with Gasteiger partial charge in [-0.2, -0.15) is 5.10 Å². The number of hydrogen-bond acceptors (Lipinski definition) is 3. The molecule has 0 fully saturated rings. The smallest absolute Gasteiger partial charge is 0.257 e. The van der Waals surface area contributed by atoms with Gasteiger partial charge in [0.05, 0.1) is 0 Å². The zero-order valence-electron chi connectivity index (χ0n) is 11.2. The molecule has 0 spiro atoms. The molecule has 20 heavy (non-hydrogen) atoms. The first-order valence-corrected chi connectivity index (χ1v) is 6.41. The SMILES string of the molecule is Cl.Cn1ccc(NC(=O)c2cccc3c2CCCN3)n1. The highest BCUT2D eigenvalue weighted by Crippen LogP contribution is 2.25. The van der Waals surface area contributed by atoms with E-state index in [0.29, 0.717) is 5.82 Å². The number of fused-ring (bicyclic) bond motifs is 1. The van der Waals surface area contributed by atoms with Crippen LogP contribution in [0.25, 0.3) is 0 Å². The highest BCUT2D eigenvalue weighted by Gasteiger charge is 2.17. The van der Waals surface area contributed by atoms with E-state index < -0.39 is 0 Å². The van der Waals surface area contributed by atoms with E-state index in [2.05, 4.69) is 15.7 Å². The van der Waals surface area contributed by atoms with Crippen molar-refractivity contribution in [3.8, 4) is 0 Å². The Hall–Kier alpha value is -2.01. The van der Waals surface area contributed by atoms with E-state index in [1.807, 2.05) is 25.2 Å². The summed E-state index contributed by atoms with van der Waals surface area (Å²) in [5.41, 5.74) is 2.90. The van der Waals surface area contributed by atoms with Gasteiger partial charge in [-0.15, -0.1) is 12.4 Å². The monoisotopic (exact) mass is 292 g/mol. The van der Waals surface area contributed by atoms with Gasteiger partial charge in [0, 0.05) is 37.1 Å². The van der Waals surface area contributed by atoms with Crippen LogP contribution in [0.15, 0.2) is 30.5 Å². The molecule has 0 bridgehead atoms. The van der Waals surface area contributed by atoms with Gasteiger partial charge in [0.2, 0.25) is 0 Å². The lowest BCUT2D eigenvalue weighted by Gasteiger charge is -2.20. The first-order valence-electron chi connectivity index (χ1n) is 6.41. The normalized spacial score (nSPS) is 12.8. The molecule has 0 atom stereocenters. The van der Waals surface area contributed by atoms with Crippen LogP contribution in [0.4, 0.5) is 11.5 Å². The molecule has 0 unspecified atom stereocenters. The first-order chi connectivity index (χ1) is 9.24. The maximum absolute atomic E-state index is 12.3. The summed E-state index contributed by atoms with van der Waals surface area (Å²) < 4.78 is 1.66. The fraction of sp³-hybridized carbons (Fsp3) is 0.286. The van der Waals surface area contributed by atoms with Crippen LogP contribution in [0, 0.1) is 0 Å². The van der Waals surface area contributed by atoms with Gasteiger partial charge in [-0.05, 0) is 30.5 Å². The molecule has 0 saturated heterocycles. The molecule has 3 rings (SSSR count). The molecule has 6 heteroatoms. The average molecular weight is 293 g/mol. The summed E-state index contributed by atoms with van der Waals surface area (Å²) in [6, 6.07) is 7.58. The number of carbonyl (C=O) groups excluding carboxylic acids is 1. The Morgan fingerprint density at radius 2 is 2.25 bits per heavy atom. The number of nitrogens with one attached hydrogen (secondary N) is 2. The van der Waals surface area contributed by atoms with Crippen LogP contribution < -0.4 is 10.6 Å². The third-order valence-corrected chi connectivity index (χ3v) is 3.29. The van der Waals surface area contributed by atoms with Crippen molar-refractivity contribution in [3.63, 3.8) is 0 Å². The minimum atomic E-state index is -0.0979. The number of aromatic nitrogens is 2. The first kappa shape index (κ1) is 14.4. The predicted octanol–water partition coefficient (Wildman–Crippen LogP) is 2.45. The molecule has 0 saturated carbocycles. The summed E-state index contributed by atoms with van der Waals surface area (Å²) in [5.74, 6) is 0.480. The van der Waals surface area contributed by atoms with Crippen molar-refractivity contribution >= 4 is 29.8 Å². The van der Waals surface area contributed by atoms with Crippen LogP contribution in [-0.2, 0) is 13.5 Å². The maximum Gasteiger partial charge on any atom is 0.257 e. The molecule has 1 amide bonds. The number of amides is 1. The van der Waals surface area contributed by atoms with Crippen molar-refractivity contribution in [3.05, 3.63) is 41.6 Å². The molecule has 0 radical (unpaired) electrons. The lowest BCUT2D eigenvalue weighted by atomic mass is 9.97. The molecule has 1 aromatic heterocycles. The number of halogens is 1. The molecule has 1 aromatic carbocycles. The lowest BCUT2D eigenvalue weighted by Crippen LogP contribution is -2.19. The van der Waals surface area contributed by atoms with Gasteiger partial charge in [0.25, 0.3) is 5.91 Å². The number of hydrogen-bond donors (Lipinski definition) is 2. The molecule has 1 aliphatic rings. The largest absolute Gasteiger partial charge is 0.385 e.